The van der Waals surface area contributed by atoms with Crippen molar-refractivity contribution in [2.75, 3.05) is 37.4 Å². The van der Waals surface area contributed by atoms with E-state index in [0.29, 0.717) is 36.4 Å². The number of hydrogen-bond acceptors (Lipinski definition) is 10. The van der Waals surface area contributed by atoms with Crippen molar-refractivity contribution < 1.29 is 45.0 Å². The minimum Gasteiger partial charge on any atom is -0.461 e. The topological polar surface area (TPSA) is 135 Å². The fourth-order valence-corrected chi connectivity index (χ4v) is 9.09. The Morgan fingerprint density at radius 3 is 2.58 bits per heavy atom. The van der Waals surface area contributed by atoms with E-state index in [-0.39, 0.29) is 43.2 Å². The fraction of sp³-hybridized carbons (Fsp3) is 0.471. The molecule has 7 rings (SSSR count). The number of thiophene rings is 1. The summed E-state index contributed by atoms with van der Waals surface area (Å²) in [5.41, 5.74) is -2.11. The normalized spacial score (nSPS) is 24.8. The highest BCUT2D eigenvalue weighted by Gasteiger charge is 2.50. The molecule has 0 radical (unpaired) electrons. The summed E-state index contributed by atoms with van der Waals surface area (Å²) in [4.78, 5) is 11.6. The second-order valence-corrected chi connectivity index (χ2v) is 14.6. The van der Waals surface area contributed by atoms with Crippen molar-refractivity contribution in [3.63, 3.8) is 0 Å². The van der Waals surface area contributed by atoms with Crippen LogP contribution >= 0.6 is 11.3 Å². The van der Waals surface area contributed by atoms with Crippen LogP contribution in [-0.2, 0) is 12.4 Å². The van der Waals surface area contributed by atoms with Gasteiger partial charge in [0.15, 0.2) is 0 Å². The molecule has 2 saturated heterocycles. The zero-order valence-corrected chi connectivity index (χ0v) is 28.1. The highest BCUT2D eigenvalue weighted by Crippen LogP contribution is 2.53. The predicted octanol–water partition coefficient (Wildman–Crippen LogP) is 7.20. The van der Waals surface area contributed by atoms with Crippen LogP contribution in [0.4, 0.5) is 45.9 Å². The molecule has 0 amide bonds. The molecule has 0 bridgehead atoms. The molecule has 5 atom stereocenters. The maximum atomic E-state index is 15.5. The molecule has 0 unspecified atom stereocenters. The molecular weight excluding hydrogens is 722 g/mol. The Balaban J connectivity index is 1.53. The van der Waals surface area contributed by atoms with E-state index in [9.17, 15) is 24.4 Å². The van der Waals surface area contributed by atoms with Gasteiger partial charge in [-0.3, -0.25) is 4.90 Å². The van der Waals surface area contributed by atoms with Crippen molar-refractivity contribution in [1.29, 1.82) is 10.5 Å². The first-order chi connectivity index (χ1) is 24.5. The lowest BCUT2D eigenvalue weighted by Gasteiger charge is -2.46. The molecule has 4 aromatic rings. The lowest BCUT2D eigenvalue weighted by Crippen LogP contribution is -2.54. The van der Waals surface area contributed by atoms with E-state index in [1.54, 1.807) is 6.07 Å². The SMILES string of the molecule is CN(c1nc(OC[C@@]23CCCN2C[C@H](F)C3)nc2c(C(F)(F)F)c(-c3ccc(F)c4sc(N)c(C#N)c34)c(C(F)(F)F)cc12)[C@@H]1C[C@H](O)[C@H]1CC#N. The third-order valence-corrected chi connectivity index (χ3v) is 11.6. The number of anilines is 2. The van der Waals surface area contributed by atoms with Gasteiger partial charge in [-0.05, 0) is 43.5 Å². The zero-order valence-electron chi connectivity index (χ0n) is 27.2. The Morgan fingerprint density at radius 2 is 1.92 bits per heavy atom. The zero-order chi connectivity index (χ0) is 37.5. The van der Waals surface area contributed by atoms with Gasteiger partial charge in [-0.1, -0.05) is 6.07 Å². The van der Waals surface area contributed by atoms with Crippen LogP contribution in [0.1, 0.15) is 48.8 Å². The summed E-state index contributed by atoms with van der Waals surface area (Å²) in [5.74, 6) is -2.08. The van der Waals surface area contributed by atoms with Crippen LogP contribution in [0.25, 0.3) is 32.1 Å². The molecule has 3 N–H and O–H groups in total. The molecule has 274 valence electrons. The van der Waals surface area contributed by atoms with Crippen LogP contribution in [0, 0.1) is 34.4 Å². The number of aromatic nitrogens is 2. The fourth-order valence-electron chi connectivity index (χ4n) is 8.14. The van der Waals surface area contributed by atoms with Crippen LogP contribution in [0.15, 0.2) is 18.2 Å². The number of halogens is 8. The second-order valence-electron chi connectivity index (χ2n) is 13.5. The van der Waals surface area contributed by atoms with Gasteiger partial charge in [-0.15, -0.1) is 11.3 Å². The smallest absolute Gasteiger partial charge is 0.419 e. The van der Waals surface area contributed by atoms with Gasteiger partial charge in [0.1, 0.15) is 35.5 Å². The number of benzene rings is 2. The minimum absolute atomic E-state index is 0.0426. The Hall–Kier alpha value is -4.52. The van der Waals surface area contributed by atoms with E-state index in [4.69, 9.17) is 10.5 Å². The Morgan fingerprint density at radius 1 is 1.17 bits per heavy atom. The van der Waals surface area contributed by atoms with Crippen LogP contribution in [0.3, 0.4) is 0 Å². The average molecular weight is 752 g/mol. The molecule has 2 aliphatic heterocycles. The van der Waals surface area contributed by atoms with E-state index < -0.39 is 103 Å². The van der Waals surface area contributed by atoms with Gasteiger partial charge in [0.05, 0.1) is 44.6 Å². The van der Waals surface area contributed by atoms with Crippen molar-refractivity contribution in [1.82, 2.24) is 14.9 Å². The standard InChI is InChI=1S/C34H29F8N7O2S/c1-48(22-10-23(50)16(22)5-7-43)30-18-9-20(33(37,38)39)25(17-3-4-21(36)28-24(17)19(12-44)29(45)52-28)26(34(40,41)42)27(18)46-31(47-30)51-14-32-6-2-8-49(32)13-15(35)11-32/h3-4,9,15-16,22-23,50H,2,5-6,8,10-11,13-14,45H2,1H3/t15-,16+,22-,23+,32+/m1/s1. The van der Waals surface area contributed by atoms with E-state index >= 15 is 26.3 Å². The minimum atomic E-state index is -5.53. The monoisotopic (exact) mass is 751 g/mol. The average Bonchev–Trinajstić information content (AvgIpc) is 3.72. The molecule has 1 saturated carbocycles. The lowest BCUT2D eigenvalue weighted by molar-refractivity contribution is -0.141. The lowest BCUT2D eigenvalue weighted by atomic mass is 9.74. The number of ether oxygens (including phenoxy) is 1. The van der Waals surface area contributed by atoms with Crippen LogP contribution in [0.2, 0.25) is 0 Å². The van der Waals surface area contributed by atoms with Gasteiger partial charge in [0, 0.05) is 54.7 Å². The summed E-state index contributed by atoms with van der Waals surface area (Å²) >= 11 is 0.511. The molecule has 2 aromatic heterocycles. The Labute approximate surface area is 294 Å². The van der Waals surface area contributed by atoms with Gasteiger partial charge in [0.25, 0.3) is 0 Å². The summed E-state index contributed by atoms with van der Waals surface area (Å²) in [7, 11) is 1.37. The number of nitrogens with two attached hydrogens (primary N) is 1. The number of nitrogens with zero attached hydrogens (tertiary/aromatic N) is 6. The maximum absolute atomic E-state index is 15.5. The first kappa shape index (κ1) is 35.9. The maximum Gasteiger partial charge on any atom is 0.419 e. The van der Waals surface area contributed by atoms with Crippen LogP contribution in [0.5, 0.6) is 6.01 Å². The van der Waals surface area contributed by atoms with Crippen molar-refractivity contribution >= 4 is 43.1 Å². The summed E-state index contributed by atoms with van der Waals surface area (Å²) in [6.07, 6.45) is -11.8. The van der Waals surface area contributed by atoms with Gasteiger partial charge >= 0.3 is 18.4 Å². The number of nitrogen functional groups attached to an aromatic ring is 1. The summed E-state index contributed by atoms with van der Waals surface area (Å²) in [6.45, 7) is 0.507. The number of aliphatic hydroxyl groups is 1. The first-order valence-corrected chi connectivity index (χ1v) is 17.0. The second kappa shape index (κ2) is 12.6. The molecule has 2 aromatic carbocycles. The largest absolute Gasteiger partial charge is 0.461 e. The molecule has 3 aliphatic rings. The van der Waals surface area contributed by atoms with Gasteiger partial charge in [-0.25, -0.2) is 8.78 Å². The third kappa shape index (κ3) is 5.71. The molecule has 3 fully saturated rings. The number of aliphatic hydroxyl groups excluding tert-OH is 1. The highest BCUT2D eigenvalue weighted by molar-refractivity contribution is 7.23. The number of fused-ring (bicyclic) bond motifs is 3. The third-order valence-electron chi connectivity index (χ3n) is 10.6. The van der Waals surface area contributed by atoms with Gasteiger partial charge in [-0.2, -0.15) is 46.8 Å². The summed E-state index contributed by atoms with van der Waals surface area (Å²) in [5, 5.41) is 28.1. The van der Waals surface area contributed by atoms with E-state index in [1.165, 1.54) is 11.9 Å². The Bertz CT molecular complexity index is 2180. The highest BCUT2D eigenvalue weighted by atomic mass is 32.1. The molecule has 1 aliphatic carbocycles. The van der Waals surface area contributed by atoms with Crippen molar-refractivity contribution in [3.05, 3.63) is 40.7 Å². The molecule has 9 nitrogen and oxygen atoms in total. The molecule has 4 heterocycles. The molecule has 0 spiro atoms. The van der Waals surface area contributed by atoms with Crippen molar-refractivity contribution in [3.8, 4) is 29.3 Å². The van der Waals surface area contributed by atoms with E-state index in [2.05, 4.69) is 9.97 Å². The van der Waals surface area contributed by atoms with Crippen molar-refractivity contribution in [2.45, 2.75) is 68.3 Å². The summed E-state index contributed by atoms with van der Waals surface area (Å²) in [6, 6.07) is 4.21. The number of hydrogen-bond donors (Lipinski definition) is 2. The van der Waals surface area contributed by atoms with Crippen LogP contribution in [-0.4, -0.2) is 70.6 Å². The number of rotatable bonds is 7. The van der Waals surface area contributed by atoms with Gasteiger partial charge < -0.3 is 20.5 Å². The number of alkyl halides is 7. The van der Waals surface area contributed by atoms with Crippen LogP contribution < -0.4 is 15.4 Å². The number of nitriles is 2. The quantitative estimate of drug-likeness (QED) is 0.188. The van der Waals surface area contributed by atoms with Gasteiger partial charge in [0.2, 0.25) is 0 Å². The van der Waals surface area contributed by atoms with E-state index in [0.717, 1.165) is 12.5 Å². The molecule has 18 heteroatoms. The Kier molecular flexibility index (Phi) is 8.66. The predicted molar refractivity (Wildman–Crippen MR) is 175 cm³/mol. The molecule has 52 heavy (non-hydrogen) atoms. The van der Waals surface area contributed by atoms with E-state index in [1.807, 2.05) is 11.0 Å². The summed E-state index contributed by atoms with van der Waals surface area (Å²) < 4.78 is 127. The first-order valence-electron chi connectivity index (χ1n) is 16.2. The molecular formula is C34H29F8N7O2S. The van der Waals surface area contributed by atoms with Crippen molar-refractivity contribution in [2.24, 2.45) is 5.92 Å².